The summed E-state index contributed by atoms with van der Waals surface area (Å²) in [6.07, 6.45) is 4.37. The van der Waals surface area contributed by atoms with Gasteiger partial charge in [0.2, 0.25) is 0 Å². The van der Waals surface area contributed by atoms with Crippen molar-refractivity contribution in [3.8, 4) is 0 Å². The van der Waals surface area contributed by atoms with Gasteiger partial charge in [0.25, 0.3) is 0 Å². The molecular formula is C12H14N2O2S. The molecule has 0 atom stereocenters. The number of thioether (sulfide) groups is 1. The Morgan fingerprint density at radius 3 is 2.76 bits per heavy atom. The van der Waals surface area contributed by atoms with Crippen molar-refractivity contribution in [2.45, 2.75) is 0 Å². The van der Waals surface area contributed by atoms with Crippen molar-refractivity contribution in [1.29, 1.82) is 0 Å². The first-order valence-corrected chi connectivity index (χ1v) is 6.61. The van der Waals surface area contributed by atoms with Crippen LogP contribution >= 0.6 is 11.8 Å². The standard InChI is InChI=1S/C12H14N2O2S/c15-12(16)4-2-10-1-3-11(13-9-10)14-5-7-17-8-6-14/h1-4,9H,5-8H2,(H,15,16)/b4-2+. The third kappa shape index (κ3) is 3.49. The lowest BCUT2D eigenvalue weighted by Gasteiger charge is -2.27. The topological polar surface area (TPSA) is 53.4 Å². The maximum atomic E-state index is 10.4. The van der Waals surface area contributed by atoms with Crippen LogP contribution in [0.1, 0.15) is 5.56 Å². The van der Waals surface area contributed by atoms with Crippen LogP contribution in [0, 0.1) is 0 Å². The fourth-order valence-corrected chi connectivity index (χ4v) is 2.55. The van der Waals surface area contributed by atoms with Gasteiger partial charge in [-0.2, -0.15) is 11.8 Å². The van der Waals surface area contributed by atoms with Gasteiger partial charge in [0, 0.05) is 36.9 Å². The lowest BCUT2D eigenvalue weighted by Crippen LogP contribution is -2.32. The second-order valence-electron chi connectivity index (χ2n) is 3.72. The highest BCUT2D eigenvalue weighted by atomic mass is 32.2. The van der Waals surface area contributed by atoms with E-state index in [0.29, 0.717) is 0 Å². The molecule has 0 amide bonds. The number of nitrogens with zero attached hydrogens (tertiary/aromatic N) is 2. The number of carbonyl (C=O) groups is 1. The van der Waals surface area contributed by atoms with Crippen molar-refractivity contribution in [2.75, 3.05) is 29.5 Å². The molecule has 0 bridgehead atoms. The summed E-state index contributed by atoms with van der Waals surface area (Å²) in [5, 5.41) is 8.52. The summed E-state index contributed by atoms with van der Waals surface area (Å²) in [5.41, 5.74) is 0.808. The molecular weight excluding hydrogens is 236 g/mol. The molecule has 1 aromatic rings. The summed E-state index contributed by atoms with van der Waals surface area (Å²) < 4.78 is 0. The highest BCUT2D eigenvalue weighted by Gasteiger charge is 2.11. The zero-order chi connectivity index (χ0) is 12.1. The van der Waals surface area contributed by atoms with Gasteiger partial charge in [-0.15, -0.1) is 0 Å². The molecule has 1 fully saturated rings. The molecule has 0 aromatic carbocycles. The first-order valence-electron chi connectivity index (χ1n) is 5.45. The van der Waals surface area contributed by atoms with Crippen LogP contribution in [0.3, 0.4) is 0 Å². The van der Waals surface area contributed by atoms with E-state index >= 15 is 0 Å². The van der Waals surface area contributed by atoms with Crippen molar-refractivity contribution in [1.82, 2.24) is 4.98 Å². The largest absolute Gasteiger partial charge is 0.478 e. The van der Waals surface area contributed by atoms with Crippen molar-refractivity contribution in [2.24, 2.45) is 0 Å². The normalized spacial score (nSPS) is 16.4. The molecule has 4 nitrogen and oxygen atoms in total. The van der Waals surface area contributed by atoms with Crippen LogP contribution in [0.2, 0.25) is 0 Å². The van der Waals surface area contributed by atoms with E-state index in [9.17, 15) is 4.79 Å². The van der Waals surface area contributed by atoms with E-state index in [1.165, 1.54) is 0 Å². The average Bonchev–Trinajstić information content (AvgIpc) is 2.38. The Bertz CT molecular complexity index is 411. The Balaban J connectivity index is 2.04. The summed E-state index contributed by atoms with van der Waals surface area (Å²) in [6.45, 7) is 2.06. The lowest BCUT2D eigenvalue weighted by molar-refractivity contribution is -0.131. The van der Waals surface area contributed by atoms with E-state index in [1.54, 1.807) is 12.3 Å². The minimum Gasteiger partial charge on any atom is -0.478 e. The van der Waals surface area contributed by atoms with Gasteiger partial charge < -0.3 is 10.0 Å². The third-order valence-corrected chi connectivity index (χ3v) is 3.47. The first-order chi connectivity index (χ1) is 8.25. The minimum absolute atomic E-state index is 0.808. The summed E-state index contributed by atoms with van der Waals surface area (Å²) >= 11 is 1.96. The Morgan fingerprint density at radius 1 is 1.41 bits per heavy atom. The number of rotatable bonds is 3. The summed E-state index contributed by atoms with van der Waals surface area (Å²) in [6, 6.07) is 3.83. The molecule has 1 N–H and O–H groups in total. The second-order valence-corrected chi connectivity index (χ2v) is 4.95. The molecule has 1 aromatic heterocycles. The highest BCUT2D eigenvalue weighted by Crippen LogP contribution is 2.17. The Hall–Kier alpha value is -1.49. The van der Waals surface area contributed by atoms with Crippen LogP contribution in [0.5, 0.6) is 0 Å². The van der Waals surface area contributed by atoms with Gasteiger partial charge in [-0.05, 0) is 23.8 Å². The molecule has 2 rings (SSSR count). The molecule has 17 heavy (non-hydrogen) atoms. The van der Waals surface area contributed by atoms with Crippen molar-refractivity contribution in [3.05, 3.63) is 30.0 Å². The number of aromatic nitrogens is 1. The molecule has 90 valence electrons. The molecule has 0 radical (unpaired) electrons. The number of hydrogen-bond acceptors (Lipinski definition) is 4. The van der Waals surface area contributed by atoms with E-state index in [4.69, 9.17) is 5.11 Å². The zero-order valence-corrected chi connectivity index (χ0v) is 10.2. The Kier molecular flexibility index (Phi) is 4.03. The summed E-state index contributed by atoms with van der Waals surface area (Å²) in [4.78, 5) is 17.0. The molecule has 1 aliphatic heterocycles. The Labute approximate surface area is 104 Å². The van der Waals surface area contributed by atoms with E-state index in [1.807, 2.05) is 23.9 Å². The predicted octanol–water partition coefficient (Wildman–Crippen LogP) is 1.73. The number of carboxylic acids is 1. The average molecular weight is 250 g/mol. The van der Waals surface area contributed by atoms with Crippen LogP contribution in [0.15, 0.2) is 24.4 Å². The van der Waals surface area contributed by atoms with Gasteiger partial charge in [-0.25, -0.2) is 9.78 Å². The minimum atomic E-state index is -0.942. The van der Waals surface area contributed by atoms with E-state index in [0.717, 1.165) is 42.1 Å². The number of aliphatic carboxylic acids is 1. The number of hydrogen-bond donors (Lipinski definition) is 1. The quantitative estimate of drug-likeness (QED) is 0.828. The summed E-state index contributed by atoms with van der Waals surface area (Å²) in [5.74, 6) is 2.31. The van der Waals surface area contributed by atoms with Crippen molar-refractivity contribution >= 4 is 29.6 Å². The maximum absolute atomic E-state index is 10.4. The zero-order valence-electron chi connectivity index (χ0n) is 9.37. The van der Waals surface area contributed by atoms with Crippen LogP contribution in [0.25, 0.3) is 6.08 Å². The fraction of sp³-hybridized carbons (Fsp3) is 0.333. The lowest BCUT2D eigenvalue weighted by atomic mass is 10.2. The molecule has 1 aliphatic rings. The molecule has 1 saturated heterocycles. The maximum Gasteiger partial charge on any atom is 0.328 e. The van der Waals surface area contributed by atoms with Crippen LogP contribution in [0.4, 0.5) is 5.82 Å². The molecule has 0 unspecified atom stereocenters. The number of carboxylic acid groups (broad SMARTS) is 1. The molecule has 5 heteroatoms. The van der Waals surface area contributed by atoms with Gasteiger partial charge in [-0.1, -0.05) is 0 Å². The second kappa shape index (κ2) is 5.72. The monoisotopic (exact) mass is 250 g/mol. The summed E-state index contributed by atoms with van der Waals surface area (Å²) in [7, 11) is 0. The van der Waals surface area contributed by atoms with Crippen LogP contribution < -0.4 is 4.90 Å². The van der Waals surface area contributed by atoms with Crippen molar-refractivity contribution < 1.29 is 9.90 Å². The third-order valence-electron chi connectivity index (χ3n) is 2.52. The molecule has 0 spiro atoms. The van der Waals surface area contributed by atoms with Crippen LogP contribution in [-0.4, -0.2) is 40.7 Å². The predicted molar refractivity (Wildman–Crippen MR) is 70.4 cm³/mol. The van der Waals surface area contributed by atoms with Gasteiger partial charge >= 0.3 is 5.97 Å². The van der Waals surface area contributed by atoms with Gasteiger partial charge in [0.15, 0.2) is 0 Å². The number of anilines is 1. The molecule has 0 aliphatic carbocycles. The van der Waals surface area contributed by atoms with E-state index < -0.39 is 5.97 Å². The highest BCUT2D eigenvalue weighted by molar-refractivity contribution is 7.99. The van der Waals surface area contributed by atoms with Gasteiger partial charge in [0.05, 0.1) is 0 Å². The van der Waals surface area contributed by atoms with E-state index in [-0.39, 0.29) is 0 Å². The number of pyridine rings is 1. The van der Waals surface area contributed by atoms with Crippen LogP contribution in [-0.2, 0) is 4.79 Å². The molecule has 2 heterocycles. The smallest absolute Gasteiger partial charge is 0.328 e. The van der Waals surface area contributed by atoms with E-state index in [2.05, 4.69) is 9.88 Å². The Morgan fingerprint density at radius 2 is 2.18 bits per heavy atom. The first kappa shape index (κ1) is 12.0. The van der Waals surface area contributed by atoms with Crippen molar-refractivity contribution in [3.63, 3.8) is 0 Å². The molecule has 0 saturated carbocycles. The SMILES string of the molecule is O=C(O)/C=C/c1ccc(N2CCSCC2)nc1. The fourth-order valence-electron chi connectivity index (χ4n) is 1.64. The van der Waals surface area contributed by atoms with Gasteiger partial charge in [0.1, 0.15) is 5.82 Å². The van der Waals surface area contributed by atoms with Gasteiger partial charge in [-0.3, -0.25) is 0 Å².